The molecule has 0 atom stereocenters. The number of halogens is 3. The lowest BCUT2D eigenvalue weighted by Gasteiger charge is -2.18. The van der Waals surface area contributed by atoms with E-state index < -0.39 is 5.92 Å². The molecule has 0 fully saturated rings. The van der Waals surface area contributed by atoms with Gasteiger partial charge >= 0.3 is 0 Å². The third-order valence-corrected chi connectivity index (χ3v) is 3.06. The van der Waals surface area contributed by atoms with E-state index in [9.17, 15) is 8.78 Å². The Morgan fingerprint density at radius 2 is 1.53 bits per heavy atom. The molecule has 0 aliphatic rings. The molecule has 0 aliphatic carbocycles. The fourth-order valence-electron chi connectivity index (χ4n) is 1.69. The summed E-state index contributed by atoms with van der Waals surface area (Å²) in [6, 6.07) is 12.7. The minimum Gasteiger partial charge on any atom is -0.196 e. The summed E-state index contributed by atoms with van der Waals surface area (Å²) in [4.78, 5) is 0. The third kappa shape index (κ3) is 2.57. The summed E-state index contributed by atoms with van der Waals surface area (Å²) < 4.78 is 29.1. The molecule has 0 nitrogen and oxygen atoms in total. The van der Waals surface area contributed by atoms with Crippen LogP contribution in [-0.2, 0) is 5.92 Å². The van der Waals surface area contributed by atoms with Gasteiger partial charge in [0.2, 0.25) is 0 Å². The smallest absolute Gasteiger partial charge is 0.196 e. The van der Waals surface area contributed by atoms with E-state index >= 15 is 0 Å². The highest BCUT2D eigenvalue weighted by atomic mass is 79.9. The monoisotopic (exact) mass is 294 g/mol. The van der Waals surface area contributed by atoms with Gasteiger partial charge in [-0.2, -0.15) is 8.78 Å². The first kappa shape index (κ1) is 12.3. The Bertz CT molecular complexity index is 493. The Kier molecular flexibility index (Phi) is 3.34. The van der Waals surface area contributed by atoms with E-state index in [0.29, 0.717) is 4.47 Å². The molecule has 17 heavy (non-hydrogen) atoms. The van der Waals surface area contributed by atoms with Gasteiger partial charge in [0.25, 0.3) is 5.92 Å². The number of hydrogen-bond donors (Lipinski definition) is 0. The topological polar surface area (TPSA) is 0 Å². The van der Waals surface area contributed by atoms with E-state index in [1.54, 1.807) is 32.1 Å². The largest absolute Gasteiger partial charge is 0.298 e. The lowest BCUT2D eigenvalue weighted by molar-refractivity contribution is 0.0428. The van der Waals surface area contributed by atoms with Gasteiger partial charge in [0.15, 0.2) is 0 Å². The van der Waals surface area contributed by atoms with Crippen molar-refractivity contribution in [3.8, 4) is 0 Å². The van der Waals surface area contributed by atoms with E-state index in [-0.39, 0.29) is 11.1 Å². The molecule has 2 aromatic rings. The van der Waals surface area contributed by atoms with Crippen LogP contribution >= 0.6 is 15.9 Å². The van der Waals surface area contributed by atoms with Crippen LogP contribution in [0.2, 0.25) is 0 Å². The van der Waals surface area contributed by atoms with E-state index in [1.807, 2.05) is 0 Å². The molecular weight excluding hydrogens is 285 g/mol. The Balaban J connectivity index is 2.49. The Hall–Kier alpha value is -1.16. The maximum Gasteiger partial charge on any atom is 0.298 e. The summed E-state index contributed by atoms with van der Waals surface area (Å²) in [5, 5.41) is 0. The molecule has 0 aromatic heterocycles. The SMILES string of the molecule is Bc1cccc(C(F)(F)c2cccc(Br)c2)c1. The van der Waals surface area contributed by atoms with Gasteiger partial charge in [0.1, 0.15) is 7.85 Å². The van der Waals surface area contributed by atoms with Crippen molar-refractivity contribution >= 4 is 29.2 Å². The molecule has 2 rings (SSSR count). The molecule has 2 aromatic carbocycles. The average Bonchev–Trinajstić information content (AvgIpc) is 2.29. The Morgan fingerprint density at radius 1 is 0.941 bits per heavy atom. The highest BCUT2D eigenvalue weighted by molar-refractivity contribution is 9.10. The van der Waals surface area contributed by atoms with Crippen LogP contribution in [0.3, 0.4) is 0 Å². The normalized spacial score (nSPS) is 11.5. The van der Waals surface area contributed by atoms with Crippen LogP contribution in [0.4, 0.5) is 8.78 Å². The van der Waals surface area contributed by atoms with Crippen LogP contribution in [0.5, 0.6) is 0 Å². The molecule has 0 amide bonds. The Morgan fingerprint density at radius 3 is 2.12 bits per heavy atom. The summed E-state index contributed by atoms with van der Waals surface area (Å²) in [5.41, 5.74) is 0.852. The number of rotatable bonds is 2. The molecule has 0 heterocycles. The van der Waals surface area contributed by atoms with Gasteiger partial charge in [-0.15, -0.1) is 0 Å². The summed E-state index contributed by atoms with van der Waals surface area (Å²) >= 11 is 3.21. The zero-order valence-electron chi connectivity index (χ0n) is 9.25. The quantitative estimate of drug-likeness (QED) is 0.747. The van der Waals surface area contributed by atoms with Gasteiger partial charge in [-0.3, -0.25) is 0 Å². The lowest BCUT2D eigenvalue weighted by atomic mass is 9.91. The van der Waals surface area contributed by atoms with Crippen molar-refractivity contribution in [2.45, 2.75) is 5.92 Å². The standard InChI is InChI=1S/C13H10BBrF2/c14-11-5-1-3-9(7-11)13(16,17)10-4-2-6-12(15)8-10/h1-8H,14H2. The van der Waals surface area contributed by atoms with Crippen molar-refractivity contribution in [1.29, 1.82) is 0 Å². The molecule has 0 N–H and O–H groups in total. The summed E-state index contributed by atoms with van der Waals surface area (Å²) in [6.07, 6.45) is 0. The summed E-state index contributed by atoms with van der Waals surface area (Å²) in [7, 11) is 1.81. The van der Waals surface area contributed by atoms with Gasteiger partial charge in [0, 0.05) is 15.6 Å². The van der Waals surface area contributed by atoms with Crippen molar-refractivity contribution < 1.29 is 8.78 Å². The lowest BCUT2D eigenvalue weighted by Crippen LogP contribution is -2.17. The first-order chi connectivity index (χ1) is 8.00. The van der Waals surface area contributed by atoms with Gasteiger partial charge < -0.3 is 0 Å². The van der Waals surface area contributed by atoms with E-state index in [1.165, 1.54) is 24.3 Å². The van der Waals surface area contributed by atoms with Gasteiger partial charge in [-0.25, -0.2) is 0 Å². The van der Waals surface area contributed by atoms with Crippen LogP contribution in [0.15, 0.2) is 53.0 Å². The molecule has 0 bridgehead atoms. The molecule has 4 heteroatoms. The predicted molar refractivity (Wildman–Crippen MR) is 71.8 cm³/mol. The van der Waals surface area contributed by atoms with Crippen LogP contribution < -0.4 is 5.46 Å². The van der Waals surface area contributed by atoms with Crippen LogP contribution in [0, 0.1) is 0 Å². The molecule has 0 unspecified atom stereocenters. The average molecular weight is 295 g/mol. The van der Waals surface area contributed by atoms with Gasteiger partial charge in [-0.1, -0.05) is 57.8 Å². The Labute approximate surface area is 108 Å². The minimum absolute atomic E-state index is 0.00234. The molecule has 0 saturated heterocycles. The van der Waals surface area contributed by atoms with E-state index in [4.69, 9.17) is 0 Å². The van der Waals surface area contributed by atoms with E-state index in [0.717, 1.165) is 5.46 Å². The van der Waals surface area contributed by atoms with Crippen molar-refractivity contribution in [3.63, 3.8) is 0 Å². The predicted octanol–water partition coefficient (Wildman–Crippen LogP) is 2.85. The second kappa shape index (κ2) is 4.61. The maximum atomic E-state index is 14.2. The van der Waals surface area contributed by atoms with Crippen molar-refractivity contribution in [1.82, 2.24) is 0 Å². The molecule has 0 spiro atoms. The zero-order valence-corrected chi connectivity index (χ0v) is 10.8. The summed E-state index contributed by atoms with van der Waals surface area (Å²) in [6.45, 7) is 0. The van der Waals surface area contributed by atoms with E-state index in [2.05, 4.69) is 15.9 Å². The first-order valence-corrected chi connectivity index (χ1v) is 6.00. The summed E-state index contributed by atoms with van der Waals surface area (Å²) in [5.74, 6) is -2.96. The fourth-order valence-corrected chi connectivity index (χ4v) is 2.09. The highest BCUT2D eigenvalue weighted by Crippen LogP contribution is 2.35. The van der Waals surface area contributed by atoms with Crippen molar-refractivity contribution in [2.24, 2.45) is 0 Å². The number of alkyl halides is 2. The third-order valence-electron chi connectivity index (χ3n) is 2.57. The number of hydrogen-bond acceptors (Lipinski definition) is 0. The second-order valence-corrected chi connectivity index (χ2v) is 4.87. The molecule has 0 radical (unpaired) electrons. The van der Waals surface area contributed by atoms with Gasteiger partial charge in [-0.05, 0) is 12.1 Å². The minimum atomic E-state index is -2.96. The van der Waals surface area contributed by atoms with Crippen LogP contribution in [-0.4, -0.2) is 7.85 Å². The van der Waals surface area contributed by atoms with Crippen LogP contribution in [0.1, 0.15) is 11.1 Å². The number of benzene rings is 2. The fraction of sp³-hybridized carbons (Fsp3) is 0.0769. The molecule has 0 saturated carbocycles. The van der Waals surface area contributed by atoms with Crippen molar-refractivity contribution in [2.75, 3.05) is 0 Å². The molecule has 0 aliphatic heterocycles. The zero-order chi connectivity index (χ0) is 12.5. The highest BCUT2D eigenvalue weighted by Gasteiger charge is 2.33. The first-order valence-electron chi connectivity index (χ1n) is 5.21. The second-order valence-electron chi connectivity index (χ2n) is 3.95. The van der Waals surface area contributed by atoms with Crippen LogP contribution in [0.25, 0.3) is 0 Å². The molecular formula is C13H10BBrF2. The van der Waals surface area contributed by atoms with Gasteiger partial charge in [0.05, 0.1) is 0 Å². The maximum absolute atomic E-state index is 14.2. The molecule has 86 valence electrons. The van der Waals surface area contributed by atoms with Crippen molar-refractivity contribution in [3.05, 3.63) is 64.1 Å².